The smallest absolute Gasteiger partial charge is 0.550 e. The van der Waals surface area contributed by atoms with Gasteiger partial charge in [-0.3, -0.25) is 0 Å². The van der Waals surface area contributed by atoms with E-state index in [1.54, 1.807) is 0 Å². The fraction of sp³-hybridized carbons (Fsp3) is 0.773. The van der Waals surface area contributed by atoms with Gasteiger partial charge in [-0.15, -0.1) is 0 Å². The number of unbranched alkanes of at least 4 members (excludes halogenated alkanes) is 28. The summed E-state index contributed by atoms with van der Waals surface area (Å²) in [4.78, 5) is 20.4. The summed E-state index contributed by atoms with van der Waals surface area (Å²) in [7, 11) is 0. The van der Waals surface area contributed by atoms with Crippen LogP contribution >= 0.6 is 0 Å². The van der Waals surface area contributed by atoms with E-state index in [2.05, 4.69) is 20.4 Å². The summed E-state index contributed by atoms with van der Waals surface area (Å²) in [5.74, 6) is -1.81. The van der Waals surface area contributed by atoms with Gasteiger partial charge in [0, 0.05) is 11.9 Å². The Morgan fingerprint density at radius 3 is 0.857 bits per heavy atom. The molecule has 0 radical (unpaired) electrons. The summed E-state index contributed by atoms with van der Waals surface area (Å²) in [6.07, 6.45) is 41.5. The summed E-state index contributed by atoms with van der Waals surface area (Å²) in [6, 6.07) is 10.0. The molecule has 0 atom stereocenters. The standard InChI is InChI=1S/2C18H36O2.C8H8.Zn/c2*1-2-3-4-5-6-7-8-9-10-11-12-13-14-15-16-17-18(19)20;1-2-8-6-4-3-5-7-8;/h2*2-17H2,1H3,(H,19,20);2-7H,1H2;/q;;;+2/p-2. The average molecular weight is 736 g/mol. The summed E-state index contributed by atoms with van der Waals surface area (Å²) < 4.78 is 0. The molecule has 0 saturated carbocycles. The minimum atomic E-state index is -0.903. The van der Waals surface area contributed by atoms with E-state index in [9.17, 15) is 19.8 Å². The van der Waals surface area contributed by atoms with Gasteiger partial charge in [0.15, 0.2) is 0 Å². The van der Waals surface area contributed by atoms with E-state index in [-0.39, 0.29) is 32.3 Å². The number of benzene rings is 1. The summed E-state index contributed by atoms with van der Waals surface area (Å²) >= 11 is 0. The first-order valence-electron chi connectivity index (χ1n) is 20.5. The first-order chi connectivity index (χ1) is 23.5. The Morgan fingerprint density at radius 2 is 0.673 bits per heavy atom. The predicted octanol–water partition coefficient (Wildman–Crippen LogP) is 12.3. The van der Waals surface area contributed by atoms with Crippen LogP contribution < -0.4 is 10.2 Å². The molecule has 0 aliphatic rings. The van der Waals surface area contributed by atoms with Gasteiger partial charge in [0.05, 0.1) is 0 Å². The number of carboxylic acids is 2. The maximum Gasteiger partial charge on any atom is 2.00 e. The third kappa shape index (κ3) is 51.0. The Labute approximate surface area is 317 Å². The molecule has 0 aliphatic heterocycles. The van der Waals surface area contributed by atoms with Crippen molar-refractivity contribution >= 4 is 18.0 Å². The normalized spacial score (nSPS) is 10.2. The van der Waals surface area contributed by atoms with Crippen LogP contribution in [-0.4, -0.2) is 11.9 Å². The van der Waals surface area contributed by atoms with Crippen molar-refractivity contribution < 1.29 is 39.3 Å². The SMILES string of the molecule is C=Cc1ccccc1.CCCCCCCCCCCCCCCCCC(=O)[O-].CCCCCCCCCCCCCCCCCC(=O)[O-].[Zn+2]. The van der Waals surface area contributed by atoms with Gasteiger partial charge in [-0.05, 0) is 31.2 Å². The molecular weight excluding hydrogens is 658 g/mol. The number of aliphatic carboxylic acids is 2. The molecule has 1 rings (SSSR count). The Kier molecular flexibility index (Phi) is 49.3. The van der Waals surface area contributed by atoms with Crippen LogP contribution in [0.4, 0.5) is 0 Å². The van der Waals surface area contributed by atoms with E-state index in [1.807, 2.05) is 36.4 Å². The van der Waals surface area contributed by atoms with E-state index < -0.39 is 11.9 Å². The second-order valence-electron chi connectivity index (χ2n) is 13.8. The molecule has 0 heterocycles. The molecule has 1 aromatic rings. The third-order valence-electron chi connectivity index (χ3n) is 9.00. The minimum Gasteiger partial charge on any atom is -0.550 e. The van der Waals surface area contributed by atoms with E-state index in [1.165, 1.54) is 173 Å². The molecule has 1 aromatic carbocycles. The summed E-state index contributed by atoms with van der Waals surface area (Å²) in [6.45, 7) is 8.17. The third-order valence-corrected chi connectivity index (χ3v) is 9.00. The maximum absolute atomic E-state index is 10.2. The molecule has 280 valence electrons. The fourth-order valence-corrected chi connectivity index (χ4v) is 5.87. The number of carbonyl (C=O) groups excluding carboxylic acids is 2. The van der Waals surface area contributed by atoms with Crippen LogP contribution in [0.15, 0.2) is 36.9 Å². The Hall–Kier alpha value is -1.48. The molecule has 0 aromatic heterocycles. The van der Waals surface area contributed by atoms with Gasteiger partial charge in [0.2, 0.25) is 0 Å². The Bertz CT molecular complexity index is 738. The van der Waals surface area contributed by atoms with E-state index in [4.69, 9.17) is 0 Å². The van der Waals surface area contributed by atoms with Crippen molar-refractivity contribution in [2.45, 2.75) is 219 Å². The number of carbonyl (C=O) groups is 2. The zero-order chi connectivity index (χ0) is 35.6. The van der Waals surface area contributed by atoms with Gasteiger partial charge < -0.3 is 19.8 Å². The molecule has 0 bridgehead atoms. The van der Waals surface area contributed by atoms with Gasteiger partial charge in [-0.2, -0.15) is 0 Å². The first kappa shape index (κ1) is 51.9. The van der Waals surface area contributed by atoms with Gasteiger partial charge >= 0.3 is 19.5 Å². The van der Waals surface area contributed by atoms with Gasteiger partial charge in [-0.1, -0.05) is 237 Å². The molecule has 4 nitrogen and oxygen atoms in total. The number of hydrogen-bond donors (Lipinski definition) is 0. The van der Waals surface area contributed by atoms with Crippen molar-refractivity contribution in [3.8, 4) is 0 Å². The van der Waals surface area contributed by atoms with E-state index in [0.717, 1.165) is 25.7 Å². The van der Waals surface area contributed by atoms with Crippen LogP contribution in [-0.2, 0) is 29.1 Å². The summed E-state index contributed by atoms with van der Waals surface area (Å²) in [5.41, 5.74) is 1.17. The molecule has 0 amide bonds. The molecule has 0 spiro atoms. The fourth-order valence-electron chi connectivity index (χ4n) is 5.87. The topological polar surface area (TPSA) is 80.3 Å². The number of carboxylic acid groups (broad SMARTS) is 2. The first-order valence-corrected chi connectivity index (χ1v) is 20.5. The second kappa shape index (κ2) is 46.5. The van der Waals surface area contributed by atoms with Crippen molar-refractivity contribution in [1.82, 2.24) is 0 Å². The van der Waals surface area contributed by atoms with Crippen LogP contribution in [0, 0.1) is 0 Å². The largest absolute Gasteiger partial charge is 2.00 e. The van der Waals surface area contributed by atoms with E-state index in [0.29, 0.717) is 0 Å². The van der Waals surface area contributed by atoms with Gasteiger partial charge in [0.25, 0.3) is 0 Å². The molecule has 0 saturated heterocycles. The molecule has 0 fully saturated rings. The van der Waals surface area contributed by atoms with Crippen LogP contribution in [0.5, 0.6) is 0 Å². The second-order valence-corrected chi connectivity index (χ2v) is 13.8. The van der Waals surface area contributed by atoms with Crippen LogP contribution in [0.1, 0.15) is 225 Å². The maximum atomic E-state index is 10.2. The summed E-state index contributed by atoms with van der Waals surface area (Å²) in [5, 5.41) is 20.4. The zero-order valence-corrected chi connectivity index (χ0v) is 35.6. The number of rotatable bonds is 33. The van der Waals surface area contributed by atoms with Crippen molar-refractivity contribution in [3.05, 3.63) is 42.5 Å². The molecule has 0 N–H and O–H groups in total. The van der Waals surface area contributed by atoms with Gasteiger partial charge in [-0.25, -0.2) is 0 Å². The Morgan fingerprint density at radius 1 is 0.449 bits per heavy atom. The molecule has 0 unspecified atom stereocenters. The molecule has 0 aliphatic carbocycles. The predicted molar refractivity (Wildman–Crippen MR) is 206 cm³/mol. The van der Waals surface area contributed by atoms with Crippen molar-refractivity contribution in [1.29, 1.82) is 0 Å². The Balaban J connectivity index is -0.000000693. The monoisotopic (exact) mass is 735 g/mol. The average Bonchev–Trinajstić information content (AvgIpc) is 3.09. The van der Waals surface area contributed by atoms with Crippen LogP contribution in [0.25, 0.3) is 6.08 Å². The van der Waals surface area contributed by atoms with Crippen LogP contribution in [0.2, 0.25) is 0 Å². The minimum absolute atomic E-state index is 0. The van der Waals surface area contributed by atoms with Crippen LogP contribution in [0.3, 0.4) is 0 Å². The van der Waals surface area contributed by atoms with E-state index >= 15 is 0 Å². The van der Waals surface area contributed by atoms with Crippen molar-refractivity contribution in [2.24, 2.45) is 0 Å². The molecule has 49 heavy (non-hydrogen) atoms. The molecule has 5 heteroatoms. The zero-order valence-electron chi connectivity index (χ0n) is 32.6. The van der Waals surface area contributed by atoms with Gasteiger partial charge in [0.1, 0.15) is 0 Å². The molecular formula is C44H78O4Zn. The quantitative estimate of drug-likeness (QED) is 0.0531. The van der Waals surface area contributed by atoms with Crippen molar-refractivity contribution in [2.75, 3.05) is 0 Å². The number of hydrogen-bond acceptors (Lipinski definition) is 4. The van der Waals surface area contributed by atoms with Crippen molar-refractivity contribution in [3.63, 3.8) is 0 Å².